The molecule has 1 aromatic rings. The molecule has 0 heterocycles. The van der Waals surface area contributed by atoms with Crippen molar-refractivity contribution in [3.63, 3.8) is 0 Å². The van der Waals surface area contributed by atoms with Gasteiger partial charge in [0.05, 0.1) is 0 Å². The van der Waals surface area contributed by atoms with Crippen molar-refractivity contribution in [3.05, 3.63) is 29.8 Å². The van der Waals surface area contributed by atoms with Gasteiger partial charge in [0, 0.05) is 23.6 Å². The average Bonchev–Trinajstić information content (AvgIpc) is 3.13. The molecular formula is C13H15NO2. The Labute approximate surface area is 94.9 Å². The maximum absolute atomic E-state index is 11.7. The molecule has 1 aromatic carbocycles. The molecule has 0 radical (unpaired) electrons. The van der Waals surface area contributed by atoms with Gasteiger partial charge in [0.25, 0.3) is 0 Å². The number of hydrogen-bond donors (Lipinski definition) is 1. The van der Waals surface area contributed by atoms with Crippen LogP contribution in [0.15, 0.2) is 24.3 Å². The Kier molecular flexibility index (Phi) is 3.04. The van der Waals surface area contributed by atoms with Gasteiger partial charge in [-0.05, 0) is 37.1 Å². The van der Waals surface area contributed by atoms with Crippen LogP contribution in [0.1, 0.15) is 36.5 Å². The molecule has 16 heavy (non-hydrogen) atoms. The molecule has 0 bridgehead atoms. The summed E-state index contributed by atoms with van der Waals surface area (Å²) in [5.41, 5.74) is 1.50. The van der Waals surface area contributed by atoms with Crippen LogP contribution in [0.4, 0.5) is 5.69 Å². The molecular weight excluding hydrogens is 202 g/mol. The van der Waals surface area contributed by atoms with Crippen molar-refractivity contribution in [2.24, 2.45) is 5.92 Å². The summed E-state index contributed by atoms with van der Waals surface area (Å²) in [5, 5.41) is 2.75. The molecule has 1 aliphatic carbocycles. The lowest BCUT2D eigenvalue weighted by Gasteiger charge is -2.04. The quantitative estimate of drug-likeness (QED) is 0.788. The third-order valence-electron chi connectivity index (χ3n) is 2.72. The van der Waals surface area contributed by atoms with Gasteiger partial charge >= 0.3 is 0 Å². The molecule has 1 fully saturated rings. The Morgan fingerprint density at radius 2 is 1.88 bits per heavy atom. The van der Waals surface area contributed by atoms with E-state index in [1.807, 2.05) is 0 Å². The van der Waals surface area contributed by atoms with Gasteiger partial charge in [-0.1, -0.05) is 6.92 Å². The van der Waals surface area contributed by atoms with Crippen molar-refractivity contribution >= 4 is 17.4 Å². The number of nitrogens with one attached hydrogen (secondary N) is 1. The Balaban J connectivity index is 2.03. The monoisotopic (exact) mass is 217 g/mol. The summed E-state index contributed by atoms with van der Waals surface area (Å²) in [6.45, 7) is 1.81. The van der Waals surface area contributed by atoms with E-state index in [0.29, 0.717) is 6.42 Å². The third-order valence-corrected chi connectivity index (χ3v) is 2.72. The molecule has 3 heteroatoms. The van der Waals surface area contributed by atoms with Crippen molar-refractivity contribution in [1.82, 2.24) is 0 Å². The lowest BCUT2D eigenvalue weighted by Crippen LogP contribution is -2.09. The maximum Gasteiger partial charge on any atom is 0.224 e. The van der Waals surface area contributed by atoms with E-state index in [-0.39, 0.29) is 17.6 Å². The zero-order valence-corrected chi connectivity index (χ0v) is 9.32. The van der Waals surface area contributed by atoms with Crippen LogP contribution in [-0.2, 0) is 4.79 Å². The highest BCUT2D eigenvalue weighted by atomic mass is 16.1. The van der Waals surface area contributed by atoms with Gasteiger partial charge in [0.15, 0.2) is 5.78 Å². The number of carbonyl (C=O) groups is 2. The Morgan fingerprint density at radius 1 is 1.25 bits per heavy atom. The fourth-order valence-corrected chi connectivity index (χ4v) is 1.55. The first-order chi connectivity index (χ1) is 7.70. The second-order valence-electron chi connectivity index (χ2n) is 4.12. The number of hydrogen-bond acceptors (Lipinski definition) is 2. The van der Waals surface area contributed by atoms with Crippen molar-refractivity contribution in [3.8, 4) is 0 Å². The van der Waals surface area contributed by atoms with Crippen LogP contribution < -0.4 is 5.32 Å². The number of ketones is 1. The summed E-state index contributed by atoms with van der Waals surface area (Å²) in [4.78, 5) is 22.8. The van der Waals surface area contributed by atoms with Crippen molar-refractivity contribution in [2.75, 3.05) is 5.32 Å². The SMILES string of the molecule is CCC(=O)Nc1ccc(C(=O)C2CC2)cc1. The normalized spacial score (nSPS) is 14.6. The highest BCUT2D eigenvalue weighted by Gasteiger charge is 2.30. The van der Waals surface area contributed by atoms with Crippen LogP contribution >= 0.6 is 0 Å². The number of benzene rings is 1. The maximum atomic E-state index is 11.7. The average molecular weight is 217 g/mol. The number of Topliss-reactive ketones (excluding diaryl/α,β-unsaturated/α-hetero) is 1. The van der Waals surface area contributed by atoms with Gasteiger partial charge in [-0.3, -0.25) is 9.59 Å². The highest BCUT2D eigenvalue weighted by Crippen LogP contribution is 2.32. The second kappa shape index (κ2) is 4.47. The van der Waals surface area contributed by atoms with Crippen molar-refractivity contribution in [1.29, 1.82) is 0 Å². The standard InChI is InChI=1S/C13H15NO2/c1-2-12(15)14-11-7-5-10(6-8-11)13(16)9-3-4-9/h5-9H,2-4H2,1H3,(H,14,15). The largest absolute Gasteiger partial charge is 0.326 e. The lowest BCUT2D eigenvalue weighted by atomic mass is 10.1. The van der Waals surface area contributed by atoms with E-state index in [4.69, 9.17) is 0 Å². The summed E-state index contributed by atoms with van der Waals surface area (Å²) in [6, 6.07) is 7.13. The van der Waals surface area contributed by atoms with E-state index in [9.17, 15) is 9.59 Å². The van der Waals surface area contributed by atoms with E-state index < -0.39 is 0 Å². The molecule has 1 saturated carbocycles. The smallest absolute Gasteiger partial charge is 0.224 e. The first kappa shape index (κ1) is 10.9. The Morgan fingerprint density at radius 3 is 2.38 bits per heavy atom. The minimum atomic E-state index is -0.0127. The van der Waals surface area contributed by atoms with E-state index in [1.54, 1.807) is 31.2 Å². The van der Waals surface area contributed by atoms with Crippen LogP contribution in [0.25, 0.3) is 0 Å². The number of amides is 1. The molecule has 0 spiro atoms. The molecule has 1 amide bonds. The van der Waals surface area contributed by atoms with E-state index in [2.05, 4.69) is 5.32 Å². The molecule has 0 atom stereocenters. The molecule has 84 valence electrons. The van der Waals surface area contributed by atoms with E-state index >= 15 is 0 Å². The van der Waals surface area contributed by atoms with Gasteiger partial charge in [-0.15, -0.1) is 0 Å². The van der Waals surface area contributed by atoms with Crippen LogP contribution in [0.3, 0.4) is 0 Å². The zero-order valence-electron chi connectivity index (χ0n) is 9.32. The third kappa shape index (κ3) is 2.48. The fourth-order valence-electron chi connectivity index (χ4n) is 1.55. The number of anilines is 1. The molecule has 0 unspecified atom stereocenters. The van der Waals surface area contributed by atoms with Gasteiger partial charge in [0.2, 0.25) is 5.91 Å². The summed E-state index contributed by atoms with van der Waals surface area (Å²) < 4.78 is 0. The topological polar surface area (TPSA) is 46.2 Å². The Bertz CT molecular complexity index is 404. The fraction of sp³-hybridized carbons (Fsp3) is 0.385. The van der Waals surface area contributed by atoms with Crippen LogP contribution in [0, 0.1) is 5.92 Å². The molecule has 2 rings (SSSR count). The summed E-state index contributed by atoms with van der Waals surface area (Å²) >= 11 is 0. The minimum Gasteiger partial charge on any atom is -0.326 e. The molecule has 0 aliphatic heterocycles. The summed E-state index contributed by atoms with van der Waals surface area (Å²) in [7, 11) is 0. The molecule has 1 aliphatic rings. The van der Waals surface area contributed by atoms with Gasteiger partial charge < -0.3 is 5.32 Å². The van der Waals surface area contributed by atoms with Gasteiger partial charge in [0.1, 0.15) is 0 Å². The summed E-state index contributed by atoms with van der Waals surface area (Å²) in [6.07, 6.45) is 2.50. The first-order valence-corrected chi connectivity index (χ1v) is 5.65. The predicted molar refractivity (Wildman–Crippen MR) is 62.4 cm³/mol. The number of rotatable bonds is 4. The van der Waals surface area contributed by atoms with Gasteiger partial charge in [-0.25, -0.2) is 0 Å². The molecule has 0 saturated heterocycles. The van der Waals surface area contributed by atoms with E-state index in [1.165, 1.54) is 0 Å². The minimum absolute atomic E-state index is 0.0127. The molecule has 1 N–H and O–H groups in total. The Hall–Kier alpha value is -1.64. The van der Waals surface area contributed by atoms with Gasteiger partial charge in [-0.2, -0.15) is 0 Å². The number of carbonyl (C=O) groups excluding carboxylic acids is 2. The van der Waals surface area contributed by atoms with E-state index in [0.717, 1.165) is 24.1 Å². The van der Waals surface area contributed by atoms with Crippen molar-refractivity contribution < 1.29 is 9.59 Å². The predicted octanol–water partition coefficient (Wildman–Crippen LogP) is 2.63. The van der Waals surface area contributed by atoms with Crippen molar-refractivity contribution in [2.45, 2.75) is 26.2 Å². The zero-order chi connectivity index (χ0) is 11.5. The summed E-state index contributed by atoms with van der Waals surface area (Å²) in [5.74, 6) is 0.464. The second-order valence-corrected chi connectivity index (χ2v) is 4.12. The lowest BCUT2D eigenvalue weighted by molar-refractivity contribution is -0.115. The molecule has 3 nitrogen and oxygen atoms in total. The van der Waals surface area contributed by atoms with Crippen LogP contribution in [0.2, 0.25) is 0 Å². The van der Waals surface area contributed by atoms with Crippen LogP contribution in [0.5, 0.6) is 0 Å². The first-order valence-electron chi connectivity index (χ1n) is 5.65. The van der Waals surface area contributed by atoms with Crippen LogP contribution in [-0.4, -0.2) is 11.7 Å². The molecule has 0 aromatic heterocycles. The highest BCUT2D eigenvalue weighted by molar-refractivity contribution is 6.00.